The van der Waals surface area contributed by atoms with Crippen LogP contribution in [0.4, 0.5) is 0 Å². The average molecular weight is 302 g/mol. The Hall–Kier alpha value is -0.900. The van der Waals surface area contributed by atoms with E-state index < -0.39 is 0 Å². The zero-order valence-electron chi connectivity index (χ0n) is 14.0. The minimum absolute atomic E-state index is 0.539. The topological polar surface area (TPSA) is 33.3 Å². The van der Waals surface area contributed by atoms with Crippen LogP contribution in [0.15, 0.2) is 24.3 Å². The van der Waals surface area contributed by atoms with Crippen LogP contribution in [0.1, 0.15) is 50.2 Å². The summed E-state index contributed by atoms with van der Waals surface area (Å²) < 4.78 is 5.65. The molecule has 0 radical (unpaired) electrons. The fourth-order valence-corrected chi connectivity index (χ4v) is 3.85. The normalized spacial score (nSPS) is 29.1. The number of hydrogen-bond acceptors (Lipinski definition) is 3. The molecule has 1 aromatic carbocycles. The summed E-state index contributed by atoms with van der Waals surface area (Å²) in [7, 11) is 0. The molecule has 2 fully saturated rings. The first-order valence-corrected chi connectivity index (χ1v) is 8.87. The molecule has 122 valence electrons. The van der Waals surface area contributed by atoms with E-state index >= 15 is 0 Å². The van der Waals surface area contributed by atoms with Crippen molar-refractivity contribution >= 4 is 0 Å². The fraction of sp³-hybridized carbons (Fsp3) is 0.684. The summed E-state index contributed by atoms with van der Waals surface area (Å²) >= 11 is 0. The molecule has 3 heteroatoms. The van der Waals surface area contributed by atoms with Crippen LogP contribution < -0.4 is 10.6 Å². The van der Waals surface area contributed by atoms with Gasteiger partial charge in [0.05, 0.1) is 13.2 Å². The van der Waals surface area contributed by atoms with Gasteiger partial charge in [0.15, 0.2) is 0 Å². The lowest BCUT2D eigenvalue weighted by Crippen LogP contribution is -2.50. The molecular formula is C19H30N2O. The molecule has 3 rings (SSSR count). The highest BCUT2D eigenvalue weighted by molar-refractivity contribution is 5.24. The highest BCUT2D eigenvalue weighted by atomic mass is 16.5. The van der Waals surface area contributed by atoms with Crippen LogP contribution in [-0.4, -0.2) is 31.8 Å². The Morgan fingerprint density at radius 3 is 2.73 bits per heavy atom. The fourth-order valence-electron chi connectivity index (χ4n) is 3.85. The number of morpholine rings is 1. The van der Waals surface area contributed by atoms with E-state index in [2.05, 4.69) is 48.7 Å². The highest BCUT2D eigenvalue weighted by Crippen LogP contribution is 2.29. The van der Waals surface area contributed by atoms with Gasteiger partial charge in [0, 0.05) is 25.2 Å². The molecule has 2 aliphatic rings. The van der Waals surface area contributed by atoms with Crippen molar-refractivity contribution in [3.63, 3.8) is 0 Å². The third-order valence-electron chi connectivity index (χ3n) is 5.25. The van der Waals surface area contributed by atoms with Crippen LogP contribution >= 0.6 is 0 Å². The zero-order valence-corrected chi connectivity index (χ0v) is 14.0. The van der Waals surface area contributed by atoms with E-state index in [-0.39, 0.29) is 0 Å². The van der Waals surface area contributed by atoms with Gasteiger partial charge in [0.25, 0.3) is 0 Å². The van der Waals surface area contributed by atoms with E-state index in [0.717, 1.165) is 32.2 Å². The Morgan fingerprint density at radius 2 is 2.05 bits per heavy atom. The first kappa shape index (κ1) is 16.0. The van der Waals surface area contributed by atoms with Crippen LogP contribution in [0.5, 0.6) is 0 Å². The maximum absolute atomic E-state index is 5.65. The van der Waals surface area contributed by atoms with E-state index in [4.69, 9.17) is 4.74 Å². The maximum atomic E-state index is 5.65. The number of ether oxygens (including phenoxy) is 1. The van der Waals surface area contributed by atoms with E-state index in [1.54, 1.807) is 0 Å². The molecule has 1 saturated carbocycles. The van der Waals surface area contributed by atoms with Gasteiger partial charge >= 0.3 is 0 Å². The standard InChI is InChI=1S/C19H30N2O/c1-14(2)16-8-6-15(7-9-16)12-21-18-5-3-4-17(18)19-13-22-11-10-20-19/h6-9,14,17-21H,3-5,10-13H2,1-2H3. The van der Waals surface area contributed by atoms with Crippen LogP contribution in [-0.2, 0) is 11.3 Å². The maximum Gasteiger partial charge on any atom is 0.0623 e. The molecule has 3 unspecified atom stereocenters. The minimum Gasteiger partial charge on any atom is -0.379 e. The summed E-state index contributed by atoms with van der Waals surface area (Å²) in [5.74, 6) is 1.33. The van der Waals surface area contributed by atoms with E-state index in [1.165, 1.54) is 30.4 Å². The molecule has 3 atom stereocenters. The quantitative estimate of drug-likeness (QED) is 0.877. The van der Waals surface area contributed by atoms with Crippen LogP contribution in [0.3, 0.4) is 0 Å². The molecule has 22 heavy (non-hydrogen) atoms. The molecule has 0 bridgehead atoms. The SMILES string of the molecule is CC(C)c1ccc(CNC2CCCC2C2COCCN2)cc1. The van der Waals surface area contributed by atoms with E-state index in [1.807, 2.05) is 0 Å². The molecule has 1 aromatic rings. The van der Waals surface area contributed by atoms with Crippen molar-refractivity contribution in [1.82, 2.24) is 10.6 Å². The van der Waals surface area contributed by atoms with Gasteiger partial charge in [-0.3, -0.25) is 0 Å². The zero-order chi connectivity index (χ0) is 15.4. The Kier molecular flexibility index (Phi) is 5.51. The summed E-state index contributed by atoms with van der Waals surface area (Å²) in [4.78, 5) is 0. The van der Waals surface area contributed by atoms with Gasteiger partial charge in [-0.25, -0.2) is 0 Å². The Bertz CT molecular complexity index is 451. The van der Waals surface area contributed by atoms with E-state index in [9.17, 15) is 0 Å². The van der Waals surface area contributed by atoms with Gasteiger partial charge in [0.2, 0.25) is 0 Å². The largest absolute Gasteiger partial charge is 0.379 e. The van der Waals surface area contributed by atoms with Crippen molar-refractivity contribution in [2.75, 3.05) is 19.8 Å². The second-order valence-corrected chi connectivity index (χ2v) is 7.11. The number of nitrogens with one attached hydrogen (secondary N) is 2. The monoisotopic (exact) mass is 302 g/mol. The van der Waals surface area contributed by atoms with Gasteiger partial charge in [0.1, 0.15) is 0 Å². The van der Waals surface area contributed by atoms with Crippen molar-refractivity contribution < 1.29 is 4.74 Å². The molecule has 1 aliphatic carbocycles. The summed E-state index contributed by atoms with van der Waals surface area (Å²) in [5.41, 5.74) is 2.81. The van der Waals surface area contributed by atoms with Crippen molar-refractivity contribution in [3.8, 4) is 0 Å². The molecule has 1 aliphatic heterocycles. The Morgan fingerprint density at radius 1 is 1.23 bits per heavy atom. The van der Waals surface area contributed by atoms with Crippen LogP contribution in [0, 0.1) is 5.92 Å². The van der Waals surface area contributed by atoms with Crippen molar-refractivity contribution in [2.24, 2.45) is 5.92 Å². The summed E-state index contributed by atoms with van der Waals surface area (Å²) in [6.45, 7) is 8.22. The summed E-state index contributed by atoms with van der Waals surface area (Å²) in [6.07, 6.45) is 3.96. The molecule has 2 N–H and O–H groups in total. The van der Waals surface area contributed by atoms with Crippen molar-refractivity contribution in [2.45, 2.75) is 57.7 Å². The van der Waals surface area contributed by atoms with Crippen LogP contribution in [0.2, 0.25) is 0 Å². The van der Waals surface area contributed by atoms with Crippen LogP contribution in [0.25, 0.3) is 0 Å². The summed E-state index contributed by atoms with van der Waals surface area (Å²) in [5, 5.41) is 7.44. The predicted octanol–water partition coefficient (Wildman–Crippen LogP) is 3.06. The van der Waals surface area contributed by atoms with E-state index in [0.29, 0.717) is 18.0 Å². The highest BCUT2D eigenvalue weighted by Gasteiger charge is 2.34. The third kappa shape index (κ3) is 3.89. The molecular weight excluding hydrogens is 272 g/mol. The van der Waals surface area contributed by atoms with Crippen molar-refractivity contribution in [3.05, 3.63) is 35.4 Å². The minimum atomic E-state index is 0.539. The van der Waals surface area contributed by atoms with Gasteiger partial charge in [-0.1, -0.05) is 44.5 Å². The molecule has 3 nitrogen and oxygen atoms in total. The van der Waals surface area contributed by atoms with Gasteiger partial charge in [-0.05, 0) is 35.8 Å². The first-order chi connectivity index (χ1) is 10.7. The number of rotatable bonds is 5. The summed E-state index contributed by atoms with van der Waals surface area (Å²) in [6, 6.07) is 10.2. The molecule has 1 saturated heterocycles. The smallest absolute Gasteiger partial charge is 0.0623 e. The number of benzene rings is 1. The second-order valence-electron chi connectivity index (χ2n) is 7.11. The lowest BCUT2D eigenvalue weighted by Gasteiger charge is -2.33. The molecule has 0 aromatic heterocycles. The lowest BCUT2D eigenvalue weighted by atomic mass is 9.93. The van der Waals surface area contributed by atoms with Gasteiger partial charge in [-0.2, -0.15) is 0 Å². The van der Waals surface area contributed by atoms with Gasteiger partial charge < -0.3 is 15.4 Å². The Balaban J connectivity index is 1.53. The molecule has 1 heterocycles. The van der Waals surface area contributed by atoms with Gasteiger partial charge in [-0.15, -0.1) is 0 Å². The molecule has 0 spiro atoms. The first-order valence-electron chi connectivity index (χ1n) is 8.87. The predicted molar refractivity (Wildman–Crippen MR) is 91.1 cm³/mol. The average Bonchev–Trinajstić information content (AvgIpc) is 3.02. The Labute approximate surface area is 134 Å². The lowest BCUT2D eigenvalue weighted by molar-refractivity contribution is 0.0524. The number of hydrogen-bond donors (Lipinski definition) is 2. The second kappa shape index (κ2) is 7.58. The third-order valence-corrected chi connectivity index (χ3v) is 5.25. The molecule has 0 amide bonds. The van der Waals surface area contributed by atoms with Crippen molar-refractivity contribution in [1.29, 1.82) is 0 Å².